The zero-order valence-electron chi connectivity index (χ0n) is 11.2. The van der Waals surface area contributed by atoms with Gasteiger partial charge in [0, 0.05) is 23.0 Å². The highest BCUT2D eigenvalue weighted by Gasteiger charge is 2.22. The summed E-state index contributed by atoms with van der Waals surface area (Å²) in [5.41, 5.74) is 1.07. The number of aliphatic hydroxyl groups is 1. The molecule has 0 aliphatic rings. The third kappa shape index (κ3) is 5.30. The smallest absolute Gasteiger partial charge is 0.306 e. The van der Waals surface area contributed by atoms with E-state index < -0.39 is 12.1 Å². The Balaban J connectivity index is 2.52. The van der Waals surface area contributed by atoms with Gasteiger partial charge in [0.2, 0.25) is 0 Å². The van der Waals surface area contributed by atoms with Crippen molar-refractivity contribution < 1.29 is 15.0 Å². The summed E-state index contributed by atoms with van der Waals surface area (Å²) >= 11 is 3.53. The summed E-state index contributed by atoms with van der Waals surface area (Å²) < 4.78 is 1.05. The van der Waals surface area contributed by atoms with Crippen LogP contribution in [0, 0.1) is 0 Å². The lowest BCUT2D eigenvalue weighted by Crippen LogP contribution is -2.37. The molecule has 3 N–H and O–H groups in total. The van der Waals surface area contributed by atoms with E-state index in [4.69, 9.17) is 5.11 Å². The van der Waals surface area contributed by atoms with Crippen molar-refractivity contribution in [3.8, 4) is 0 Å². The number of benzene rings is 1. The lowest BCUT2D eigenvalue weighted by molar-refractivity contribution is -0.139. The summed E-state index contributed by atoms with van der Waals surface area (Å²) in [6.45, 7) is 5.14. The maximum atomic E-state index is 10.4. The van der Waals surface area contributed by atoms with E-state index in [9.17, 15) is 9.90 Å². The maximum absolute atomic E-state index is 10.4. The number of carboxylic acids is 1. The summed E-state index contributed by atoms with van der Waals surface area (Å²) in [6.07, 6.45) is -1.09. The maximum Gasteiger partial charge on any atom is 0.306 e. The molecule has 0 fully saturated rings. The van der Waals surface area contributed by atoms with Gasteiger partial charge in [0.05, 0.1) is 12.5 Å². The van der Waals surface area contributed by atoms with E-state index in [1.54, 1.807) is 0 Å². The number of aliphatic hydroxyl groups excluding tert-OH is 1. The zero-order valence-corrected chi connectivity index (χ0v) is 12.8. The van der Waals surface area contributed by atoms with Gasteiger partial charge in [0.25, 0.3) is 0 Å². The number of halogens is 1. The summed E-state index contributed by atoms with van der Waals surface area (Å²) in [4.78, 5) is 10.4. The monoisotopic (exact) mass is 329 g/mol. The first-order valence-electron chi connectivity index (χ1n) is 6.18. The molecule has 5 heteroatoms. The van der Waals surface area contributed by atoms with Crippen LogP contribution in [0.25, 0.3) is 0 Å². The van der Waals surface area contributed by atoms with Gasteiger partial charge in [0.15, 0.2) is 0 Å². The zero-order chi connectivity index (χ0) is 14.5. The Hall–Kier alpha value is -0.910. The van der Waals surface area contributed by atoms with Gasteiger partial charge >= 0.3 is 5.97 Å². The van der Waals surface area contributed by atoms with Crippen LogP contribution < -0.4 is 5.32 Å². The average Bonchev–Trinajstić information content (AvgIpc) is 2.27. The molecule has 1 aromatic carbocycles. The minimum atomic E-state index is -0.987. The molecule has 0 bridgehead atoms. The molecule has 0 radical (unpaired) electrons. The van der Waals surface area contributed by atoms with Crippen LogP contribution in [0.4, 0.5) is 0 Å². The number of rotatable bonds is 7. The van der Waals surface area contributed by atoms with Crippen molar-refractivity contribution in [1.29, 1.82) is 0 Å². The van der Waals surface area contributed by atoms with Gasteiger partial charge in [-0.1, -0.05) is 48.0 Å². The Morgan fingerprint density at radius 3 is 2.63 bits per heavy atom. The molecule has 4 nitrogen and oxygen atoms in total. The minimum absolute atomic E-state index is 0.108. The predicted octanol–water partition coefficient (Wildman–Crippen LogP) is 2.15. The minimum Gasteiger partial charge on any atom is -0.481 e. The van der Waals surface area contributed by atoms with Crippen LogP contribution in [-0.2, 0) is 10.2 Å². The largest absolute Gasteiger partial charge is 0.481 e. The molecule has 0 amide bonds. The lowest BCUT2D eigenvalue weighted by atomic mass is 9.84. The van der Waals surface area contributed by atoms with Crippen LogP contribution in [-0.4, -0.2) is 35.4 Å². The van der Waals surface area contributed by atoms with E-state index in [0.29, 0.717) is 6.54 Å². The molecule has 0 saturated heterocycles. The second-order valence-corrected chi connectivity index (χ2v) is 6.10. The fourth-order valence-corrected chi connectivity index (χ4v) is 2.75. The van der Waals surface area contributed by atoms with Crippen LogP contribution in [0.5, 0.6) is 0 Å². The fourth-order valence-electron chi connectivity index (χ4n) is 1.93. The van der Waals surface area contributed by atoms with E-state index in [2.05, 4.69) is 41.2 Å². The quantitative estimate of drug-likeness (QED) is 0.717. The number of carboxylic acid groups (broad SMARTS) is 1. The molecule has 0 spiro atoms. The van der Waals surface area contributed by atoms with Gasteiger partial charge in [0.1, 0.15) is 0 Å². The first-order valence-corrected chi connectivity index (χ1v) is 6.98. The van der Waals surface area contributed by atoms with Crippen molar-refractivity contribution in [1.82, 2.24) is 5.32 Å². The van der Waals surface area contributed by atoms with E-state index in [0.717, 1.165) is 4.47 Å². The molecule has 0 saturated carbocycles. The SMILES string of the molecule is CC(C)(CNCC(O)CC(=O)O)c1ccccc1Br. The van der Waals surface area contributed by atoms with Crippen molar-refractivity contribution in [2.45, 2.75) is 31.8 Å². The predicted molar refractivity (Wildman–Crippen MR) is 78.3 cm³/mol. The molecule has 0 aliphatic carbocycles. The highest BCUT2D eigenvalue weighted by atomic mass is 79.9. The Morgan fingerprint density at radius 1 is 1.42 bits per heavy atom. The van der Waals surface area contributed by atoms with Crippen molar-refractivity contribution >= 4 is 21.9 Å². The molecule has 1 aromatic rings. The van der Waals surface area contributed by atoms with E-state index in [1.165, 1.54) is 5.56 Å². The fraction of sp³-hybridized carbons (Fsp3) is 0.500. The molecule has 19 heavy (non-hydrogen) atoms. The van der Waals surface area contributed by atoms with Crippen molar-refractivity contribution in [3.05, 3.63) is 34.3 Å². The van der Waals surface area contributed by atoms with Crippen molar-refractivity contribution in [2.75, 3.05) is 13.1 Å². The van der Waals surface area contributed by atoms with Crippen molar-refractivity contribution in [2.24, 2.45) is 0 Å². The first kappa shape index (κ1) is 16.1. The van der Waals surface area contributed by atoms with E-state index in [1.807, 2.05) is 18.2 Å². The number of nitrogens with one attached hydrogen (secondary N) is 1. The molecule has 0 aliphatic heterocycles. The Bertz CT molecular complexity index is 434. The number of hydrogen-bond donors (Lipinski definition) is 3. The average molecular weight is 330 g/mol. The molecular formula is C14H20BrNO3. The third-order valence-electron chi connectivity index (χ3n) is 2.96. The van der Waals surface area contributed by atoms with Crippen LogP contribution in [0.1, 0.15) is 25.8 Å². The topological polar surface area (TPSA) is 69.6 Å². The standard InChI is InChI=1S/C14H20BrNO3/c1-14(2,11-5-3-4-6-12(11)15)9-16-8-10(17)7-13(18)19/h3-6,10,16-17H,7-9H2,1-2H3,(H,18,19). The van der Waals surface area contributed by atoms with Crippen LogP contribution in [0.3, 0.4) is 0 Å². The number of carbonyl (C=O) groups is 1. The summed E-state index contributed by atoms with van der Waals surface area (Å²) in [5, 5.41) is 21.2. The van der Waals surface area contributed by atoms with E-state index in [-0.39, 0.29) is 18.4 Å². The molecule has 0 heterocycles. The van der Waals surface area contributed by atoms with E-state index >= 15 is 0 Å². The molecule has 1 rings (SSSR count). The second kappa shape index (κ2) is 7.03. The van der Waals surface area contributed by atoms with Gasteiger partial charge in [-0.25, -0.2) is 0 Å². The molecule has 1 unspecified atom stereocenters. The van der Waals surface area contributed by atoms with Gasteiger partial charge in [-0.3, -0.25) is 4.79 Å². The lowest BCUT2D eigenvalue weighted by Gasteiger charge is -2.27. The third-order valence-corrected chi connectivity index (χ3v) is 3.65. The highest BCUT2D eigenvalue weighted by Crippen LogP contribution is 2.29. The van der Waals surface area contributed by atoms with Crippen LogP contribution in [0.2, 0.25) is 0 Å². The van der Waals surface area contributed by atoms with Gasteiger partial charge in [-0.15, -0.1) is 0 Å². The molecular weight excluding hydrogens is 310 g/mol. The highest BCUT2D eigenvalue weighted by molar-refractivity contribution is 9.10. The Morgan fingerprint density at radius 2 is 2.05 bits per heavy atom. The van der Waals surface area contributed by atoms with Crippen LogP contribution >= 0.6 is 15.9 Å². The van der Waals surface area contributed by atoms with Crippen LogP contribution in [0.15, 0.2) is 28.7 Å². The van der Waals surface area contributed by atoms with Gasteiger partial charge in [-0.05, 0) is 11.6 Å². The normalized spacial score (nSPS) is 13.3. The van der Waals surface area contributed by atoms with Gasteiger partial charge < -0.3 is 15.5 Å². The summed E-state index contributed by atoms with van der Waals surface area (Å²) in [6, 6.07) is 8.00. The Labute approximate surface area is 122 Å². The van der Waals surface area contributed by atoms with Crippen molar-refractivity contribution in [3.63, 3.8) is 0 Å². The molecule has 1 atom stereocenters. The molecule has 0 aromatic heterocycles. The first-order chi connectivity index (χ1) is 8.83. The Kier molecular flexibility index (Phi) is 5.97. The second-order valence-electron chi connectivity index (χ2n) is 5.25. The number of aliphatic carboxylic acids is 1. The number of hydrogen-bond acceptors (Lipinski definition) is 3. The molecule has 106 valence electrons. The summed E-state index contributed by atoms with van der Waals surface area (Å²) in [5.74, 6) is -0.987. The summed E-state index contributed by atoms with van der Waals surface area (Å²) in [7, 11) is 0. The van der Waals surface area contributed by atoms with Gasteiger partial charge in [-0.2, -0.15) is 0 Å².